The van der Waals surface area contributed by atoms with Crippen LogP contribution in [-0.4, -0.2) is 21.2 Å². The molecule has 0 N–H and O–H groups in total. The molecular formula is C22H19BrClNO4S. The normalized spacial score (nSPS) is 11.6. The highest BCUT2D eigenvalue weighted by Crippen LogP contribution is 2.38. The number of nitrogens with zero attached hydrogens (tertiary/aromatic N) is 1. The van der Waals surface area contributed by atoms with Crippen molar-refractivity contribution >= 4 is 49.6 Å². The van der Waals surface area contributed by atoms with Crippen molar-refractivity contribution in [3.63, 3.8) is 0 Å². The molecule has 0 amide bonds. The maximum Gasteiger partial charge on any atom is 0.339 e. The molecule has 0 saturated heterocycles. The van der Waals surface area contributed by atoms with Crippen LogP contribution in [0.4, 0.5) is 5.69 Å². The van der Waals surface area contributed by atoms with Gasteiger partial charge >= 0.3 is 10.1 Å². The van der Waals surface area contributed by atoms with Crippen molar-refractivity contribution in [3.8, 4) is 11.5 Å². The molecule has 30 heavy (non-hydrogen) atoms. The van der Waals surface area contributed by atoms with Crippen LogP contribution in [0.3, 0.4) is 0 Å². The smallest absolute Gasteiger partial charge is 0.339 e. The molecule has 3 aromatic rings. The van der Waals surface area contributed by atoms with Crippen molar-refractivity contribution in [2.24, 2.45) is 4.99 Å². The van der Waals surface area contributed by atoms with E-state index < -0.39 is 10.1 Å². The van der Waals surface area contributed by atoms with Crippen molar-refractivity contribution in [2.45, 2.75) is 18.7 Å². The zero-order valence-electron chi connectivity index (χ0n) is 16.3. The molecule has 156 valence electrons. The van der Waals surface area contributed by atoms with Gasteiger partial charge in [-0.2, -0.15) is 8.42 Å². The predicted molar refractivity (Wildman–Crippen MR) is 123 cm³/mol. The summed E-state index contributed by atoms with van der Waals surface area (Å²) in [6, 6.07) is 16.9. The lowest BCUT2D eigenvalue weighted by atomic mass is 10.2. The summed E-state index contributed by atoms with van der Waals surface area (Å²) >= 11 is 9.23. The van der Waals surface area contributed by atoms with E-state index in [4.69, 9.17) is 20.5 Å². The standard InChI is InChI=1S/C22H19BrClNO4S/c1-3-28-21-13-16(14-25-18-8-4-15(2)5-9-18)12-20(23)22(21)29-30(26,27)19-10-6-17(24)7-11-19/h4-14H,3H2,1-2H3. The fourth-order valence-electron chi connectivity index (χ4n) is 2.55. The second kappa shape index (κ2) is 9.64. The van der Waals surface area contributed by atoms with Crippen LogP contribution in [0.15, 0.2) is 75.0 Å². The molecular weight excluding hydrogens is 490 g/mol. The van der Waals surface area contributed by atoms with Crippen molar-refractivity contribution in [2.75, 3.05) is 6.61 Å². The van der Waals surface area contributed by atoms with Crippen LogP contribution in [0, 0.1) is 6.92 Å². The van der Waals surface area contributed by atoms with Crippen LogP contribution >= 0.6 is 27.5 Å². The van der Waals surface area contributed by atoms with Crippen molar-refractivity contribution in [1.29, 1.82) is 0 Å². The minimum absolute atomic E-state index is 0.00809. The van der Waals surface area contributed by atoms with E-state index in [9.17, 15) is 8.42 Å². The highest BCUT2D eigenvalue weighted by Gasteiger charge is 2.22. The van der Waals surface area contributed by atoms with Crippen molar-refractivity contribution < 1.29 is 17.3 Å². The molecule has 0 heterocycles. The van der Waals surface area contributed by atoms with Gasteiger partial charge in [-0.25, -0.2) is 0 Å². The topological polar surface area (TPSA) is 65.0 Å². The Morgan fingerprint density at radius 1 is 1.07 bits per heavy atom. The van der Waals surface area contributed by atoms with E-state index in [-0.39, 0.29) is 16.4 Å². The first kappa shape index (κ1) is 22.3. The third-order valence-electron chi connectivity index (χ3n) is 4.02. The first-order chi connectivity index (χ1) is 14.3. The van der Waals surface area contributed by atoms with E-state index in [1.165, 1.54) is 24.3 Å². The lowest BCUT2D eigenvalue weighted by Gasteiger charge is -2.14. The summed E-state index contributed by atoms with van der Waals surface area (Å²) in [6.07, 6.45) is 1.68. The maximum atomic E-state index is 12.7. The Labute approximate surface area is 189 Å². The van der Waals surface area contributed by atoms with E-state index in [2.05, 4.69) is 20.9 Å². The first-order valence-electron chi connectivity index (χ1n) is 9.05. The molecule has 0 bridgehead atoms. The number of ether oxygens (including phenoxy) is 1. The summed E-state index contributed by atoms with van der Waals surface area (Å²) in [7, 11) is -4.07. The molecule has 0 atom stereocenters. The fourth-order valence-corrected chi connectivity index (χ4v) is 4.28. The Bertz CT molecular complexity index is 1160. The Morgan fingerprint density at radius 3 is 2.37 bits per heavy atom. The van der Waals surface area contributed by atoms with Gasteiger partial charge in [0, 0.05) is 11.2 Å². The average molecular weight is 509 g/mol. The highest BCUT2D eigenvalue weighted by atomic mass is 79.9. The molecule has 0 radical (unpaired) electrons. The lowest BCUT2D eigenvalue weighted by molar-refractivity contribution is 0.327. The largest absolute Gasteiger partial charge is 0.490 e. The summed E-state index contributed by atoms with van der Waals surface area (Å²) < 4.78 is 36.8. The van der Waals surface area contributed by atoms with Gasteiger partial charge in [-0.05, 0) is 83.9 Å². The van der Waals surface area contributed by atoms with Crippen LogP contribution in [0.2, 0.25) is 5.02 Å². The van der Waals surface area contributed by atoms with Crippen LogP contribution in [0.25, 0.3) is 0 Å². The van der Waals surface area contributed by atoms with E-state index in [0.717, 1.165) is 16.8 Å². The minimum Gasteiger partial charge on any atom is -0.490 e. The number of benzene rings is 3. The van der Waals surface area contributed by atoms with Crippen LogP contribution < -0.4 is 8.92 Å². The van der Waals surface area contributed by atoms with Gasteiger partial charge in [-0.1, -0.05) is 29.3 Å². The van der Waals surface area contributed by atoms with Gasteiger partial charge in [0.05, 0.1) is 16.8 Å². The molecule has 0 saturated carbocycles. The zero-order chi connectivity index (χ0) is 21.7. The number of halogens is 2. The number of rotatable bonds is 7. The van der Waals surface area contributed by atoms with Gasteiger partial charge < -0.3 is 8.92 Å². The van der Waals surface area contributed by atoms with Crippen LogP contribution in [-0.2, 0) is 10.1 Å². The molecule has 5 nitrogen and oxygen atoms in total. The number of aliphatic imine (C=N–C) groups is 1. The molecule has 0 aliphatic rings. The summed E-state index contributed by atoms with van der Waals surface area (Å²) in [5, 5.41) is 0.433. The number of aryl methyl sites for hydroxylation is 1. The van der Waals surface area contributed by atoms with Crippen LogP contribution in [0.1, 0.15) is 18.1 Å². The minimum atomic E-state index is -4.07. The Hall–Kier alpha value is -2.35. The van der Waals surface area contributed by atoms with E-state index in [0.29, 0.717) is 16.1 Å². The molecule has 0 aromatic heterocycles. The van der Waals surface area contributed by atoms with Crippen molar-refractivity contribution in [3.05, 3.63) is 81.3 Å². The average Bonchev–Trinajstić information content (AvgIpc) is 2.70. The summed E-state index contributed by atoms with van der Waals surface area (Å²) in [5.41, 5.74) is 2.68. The lowest BCUT2D eigenvalue weighted by Crippen LogP contribution is -2.11. The second-order valence-corrected chi connectivity index (χ2v) is 9.19. The Balaban J connectivity index is 1.93. The van der Waals surface area contributed by atoms with Gasteiger partial charge in [0.15, 0.2) is 11.5 Å². The van der Waals surface area contributed by atoms with Gasteiger partial charge in [-0.3, -0.25) is 4.99 Å². The SMILES string of the molecule is CCOc1cc(C=Nc2ccc(C)cc2)cc(Br)c1OS(=O)(=O)c1ccc(Cl)cc1. The number of hydrogen-bond donors (Lipinski definition) is 0. The van der Waals surface area contributed by atoms with Crippen LogP contribution in [0.5, 0.6) is 11.5 Å². The van der Waals surface area contributed by atoms with E-state index >= 15 is 0 Å². The van der Waals surface area contributed by atoms with Gasteiger partial charge in [0.1, 0.15) is 4.90 Å². The second-order valence-electron chi connectivity index (χ2n) is 6.35. The monoisotopic (exact) mass is 507 g/mol. The zero-order valence-corrected chi connectivity index (χ0v) is 19.5. The third kappa shape index (κ3) is 5.62. The van der Waals surface area contributed by atoms with Gasteiger partial charge in [-0.15, -0.1) is 0 Å². The number of hydrogen-bond acceptors (Lipinski definition) is 5. The Morgan fingerprint density at radius 2 is 1.73 bits per heavy atom. The molecule has 8 heteroatoms. The highest BCUT2D eigenvalue weighted by molar-refractivity contribution is 9.10. The molecule has 3 rings (SSSR count). The fraction of sp³-hybridized carbons (Fsp3) is 0.136. The molecule has 0 spiro atoms. The molecule has 0 aliphatic carbocycles. The molecule has 0 fully saturated rings. The van der Waals surface area contributed by atoms with E-state index in [1.54, 1.807) is 25.3 Å². The summed E-state index contributed by atoms with van der Waals surface area (Å²) in [6.45, 7) is 4.15. The van der Waals surface area contributed by atoms with Gasteiger partial charge in [0.2, 0.25) is 0 Å². The molecule has 3 aromatic carbocycles. The predicted octanol–water partition coefficient (Wildman–Crippen LogP) is 6.33. The quantitative estimate of drug-likeness (QED) is 0.276. The molecule has 0 unspecified atom stereocenters. The summed E-state index contributed by atoms with van der Waals surface area (Å²) in [5.74, 6) is 0.356. The van der Waals surface area contributed by atoms with E-state index in [1.807, 2.05) is 31.2 Å². The Kier molecular flexibility index (Phi) is 7.18. The molecule has 0 aliphatic heterocycles. The maximum absolute atomic E-state index is 12.7. The van der Waals surface area contributed by atoms with Crippen molar-refractivity contribution in [1.82, 2.24) is 0 Å². The third-order valence-corrected chi connectivity index (χ3v) is 6.10. The first-order valence-corrected chi connectivity index (χ1v) is 11.6. The van der Waals surface area contributed by atoms with Gasteiger partial charge in [0.25, 0.3) is 0 Å². The summed E-state index contributed by atoms with van der Waals surface area (Å²) in [4.78, 5) is 4.44.